The van der Waals surface area contributed by atoms with Crippen LogP contribution in [0.1, 0.15) is 20.8 Å². The van der Waals surface area contributed by atoms with E-state index in [2.05, 4.69) is 39.3 Å². The molecule has 0 atom stereocenters. The summed E-state index contributed by atoms with van der Waals surface area (Å²) >= 11 is 5.20. The van der Waals surface area contributed by atoms with E-state index >= 15 is 0 Å². The smallest absolute Gasteiger partial charge is 0.248 e. The lowest BCUT2D eigenvalue weighted by Crippen LogP contribution is -2.17. The van der Waals surface area contributed by atoms with Gasteiger partial charge < -0.3 is 5.73 Å². The molecular formula is C14H15BrN2OS. The van der Waals surface area contributed by atoms with Crippen molar-refractivity contribution < 1.29 is 4.79 Å². The van der Waals surface area contributed by atoms with Crippen LogP contribution in [-0.2, 0) is 13.1 Å². The Bertz CT molecular complexity index is 565. The van der Waals surface area contributed by atoms with Crippen LogP contribution in [0.15, 0.2) is 40.2 Å². The Morgan fingerprint density at radius 3 is 2.53 bits per heavy atom. The van der Waals surface area contributed by atoms with Crippen LogP contribution in [0.25, 0.3) is 0 Å². The molecule has 0 aliphatic heterocycles. The summed E-state index contributed by atoms with van der Waals surface area (Å²) in [7, 11) is 2.08. The first-order chi connectivity index (χ1) is 9.04. The lowest BCUT2D eigenvalue weighted by atomic mass is 10.1. The summed E-state index contributed by atoms with van der Waals surface area (Å²) in [5.41, 5.74) is 6.94. The standard InChI is InChI=1S/C14H15BrN2OS/c1-17(8-13-6-12(15)9-19-13)7-10-2-4-11(5-3-10)14(16)18/h2-6,9H,7-8H2,1H3,(H2,16,18). The highest BCUT2D eigenvalue weighted by Gasteiger charge is 2.05. The summed E-state index contributed by atoms with van der Waals surface area (Å²) in [6, 6.07) is 9.57. The van der Waals surface area contributed by atoms with Crippen molar-refractivity contribution in [2.24, 2.45) is 5.73 Å². The molecular weight excluding hydrogens is 324 g/mol. The average Bonchev–Trinajstić information content (AvgIpc) is 2.75. The summed E-state index contributed by atoms with van der Waals surface area (Å²) < 4.78 is 1.13. The van der Waals surface area contributed by atoms with Crippen molar-refractivity contribution in [2.75, 3.05) is 7.05 Å². The number of hydrogen-bond acceptors (Lipinski definition) is 3. The van der Waals surface area contributed by atoms with Gasteiger partial charge >= 0.3 is 0 Å². The van der Waals surface area contributed by atoms with E-state index < -0.39 is 0 Å². The molecule has 2 aromatic rings. The molecule has 1 aromatic carbocycles. The van der Waals surface area contributed by atoms with E-state index in [1.807, 2.05) is 12.1 Å². The largest absolute Gasteiger partial charge is 0.366 e. The fourth-order valence-corrected chi connectivity index (χ4v) is 3.37. The van der Waals surface area contributed by atoms with Gasteiger partial charge in [-0.3, -0.25) is 9.69 Å². The van der Waals surface area contributed by atoms with Crippen molar-refractivity contribution in [3.8, 4) is 0 Å². The summed E-state index contributed by atoms with van der Waals surface area (Å²) in [5.74, 6) is -0.386. The predicted molar refractivity (Wildman–Crippen MR) is 82.1 cm³/mol. The minimum Gasteiger partial charge on any atom is -0.366 e. The van der Waals surface area contributed by atoms with Gasteiger partial charge in [-0.25, -0.2) is 0 Å². The second kappa shape index (κ2) is 6.32. The van der Waals surface area contributed by atoms with E-state index in [0.717, 1.165) is 17.6 Å². The minimum absolute atomic E-state index is 0.386. The lowest BCUT2D eigenvalue weighted by molar-refractivity contribution is 0.100. The van der Waals surface area contributed by atoms with Gasteiger partial charge in [-0.15, -0.1) is 11.3 Å². The number of primary amides is 1. The summed E-state index contributed by atoms with van der Waals surface area (Å²) in [5, 5.41) is 2.09. The zero-order chi connectivity index (χ0) is 13.8. The maximum Gasteiger partial charge on any atom is 0.248 e. The van der Waals surface area contributed by atoms with Crippen molar-refractivity contribution in [1.82, 2.24) is 4.90 Å². The second-order valence-electron chi connectivity index (χ2n) is 4.46. The third-order valence-corrected chi connectivity index (χ3v) is 4.42. The number of halogens is 1. The van der Waals surface area contributed by atoms with E-state index in [1.165, 1.54) is 10.4 Å². The molecule has 0 saturated heterocycles. The fraction of sp³-hybridized carbons (Fsp3) is 0.214. The molecule has 0 aliphatic rings. The maximum atomic E-state index is 11.0. The summed E-state index contributed by atoms with van der Waals surface area (Å²) in [6.07, 6.45) is 0. The topological polar surface area (TPSA) is 46.3 Å². The quantitative estimate of drug-likeness (QED) is 0.909. The highest BCUT2D eigenvalue weighted by Crippen LogP contribution is 2.21. The molecule has 0 unspecified atom stereocenters. The van der Waals surface area contributed by atoms with Crippen LogP contribution in [0.3, 0.4) is 0 Å². The summed E-state index contributed by atoms with van der Waals surface area (Å²) in [4.78, 5) is 14.5. The molecule has 2 rings (SSSR count). The molecule has 1 heterocycles. The van der Waals surface area contributed by atoms with E-state index in [4.69, 9.17) is 5.73 Å². The van der Waals surface area contributed by atoms with Crippen LogP contribution < -0.4 is 5.73 Å². The van der Waals surface area contributed by atoms with E-state index in [9.17, 15) is 4.79 Å². The SMILES string of the molecule is CN(Cc1ccc(C(N)=O)cc1)Cc1cc(Br)cs1. The number of amides is 1. The highest BCUT2D eigenvalue weighted by atomic mass is 79.9. The highest BCUT2D eigenvalue weighted by molar-refractivity contribution is 9.10. The third-order valence-electron chi connectivity index (χ3n) is 2.74. The average molecular weight is 339 g/mol. The first kappa shape index (κ1) is 14.2. The molecule has 0 spiro atoms. The van der Waals surface area contributed by atoms with Crippen molar-refractivity contribution in [2.45, 2.75) is 13.1 Å². The number of thiophene rings is 1. The normalized spacial score (nSPS) is 10.9. The number of nitrogens with two attached hydrogens (primary N) is 1. The Morgan fingerprint density at radius 2 is 2.00 bits per heavy atom. The maximum absolute atomic E-state index is 11.0. The molecule has 0 saturated carbocycles. The molecule has 0 radical (unpaired) electrons. The number of rotatable bonds is 5. The Labute approximate surface area is 125 Å². The minimum atomic E-state index is -0.386. The molecule has 1 amide bonds. The van der Waals surface area contributed by atoms with Gasteiger partial charge in [0, 0.05) is 33.4 Å². The Kier molecular flexibility index (Phi) is 4.74. The van der Waals surface area contributed by atoms with E-state index in [0.29, 0.717) is 5.56 Å². The zero-order valence-corrected chi connectivity index (χ0v) is 13.0. The van der Waals surface area contributed by atoms with Crippen molar-refractivity contribution in [1.29, 1.82) is 0 Å². The summed E-state index contributed by atoms with van der Waals surface area (Å²) in [6.45, 7) is 1.75. The number of carbonyl (C=O) groups excluding carboxylic acids is 1. The number of carbonyl (C=O) groups is 1. The third kappa shape index (κ3) is 4.16. The van der Waals surface area contributed by atoms with Crippen LogP contribution in [0.5, 0.6) is 0 Å². The fourth-order valence-electron chi connectivity index (χ4n) is 1.84. The molecule has 5 heteroatoms. The molecule has 19 heavy (non-hydrogen) atoms. The van der Waals surface area contributed by atoms with Crippen LogP contribution in [-0.4, -0.2) is 17.9 Å². The lowest BCUT2D eigenvalue weighted by Gasteiger charge is -2.15. The van der Waals surface area contributed by atoms with Gasteiger partial charge in [-0.2, -0.15) is 0 Å². The molecule has 1 aromatic heterocycles. The van der Waals surface area contributed by atoms with E-state index in [-0.39, 0.29) is 5.91 Å². The Morgan fingerprint density at radius 1 is 1.32 bits per heavy atom. The molecule has 0 bridgehead atoms. The molecule has 2 N–H and O–H groups in total. The van der Waals surface area contributed by atoms with Gasteiger partial charge in [-0.1, -0.05) is 12.1 Å². The van der Waals surface area contributed by atoms with E-state index in [1.54, 1.807) is 23.5 Å². The van der Waals surface area contributed by atoms with Gasteiger partial charge in [0.2, 0.25) is 5.91 Å². The molecule has 3 nitrogen and oxygen atoms in total. The van der Waals surface area contributed by atoms with Crippen LogP contribution in [0, 0.1) is 0 Å². The van der Waals surface area contributed by atoms with Gasteiger partial charge in [-0.05, 0) is 46.7 Å². The van der Waals surface area contributed by atoms with Gasteiger partial charge in [0.1, 0.15) is 0 Å². The monoisotopic (exact) mass is 338 g/mol. The zero-order valence-electron chi connectivity index (χ0n) is 10.6. The Balaban J connectivity index is 1.94. The van der Waals surface area contributed by atoms with Crippen LogP contribution in [0.4, 0.5) is 0 Å². The molecule has 0 fully saturated rings. The van der Waals surface area contributed by atoms with Gasteiger partial charge in [0.25, 0.3) is 0 Å². The molecule has 0 aliphatic carbocycles. The predicted octanol–water partition coefficient (Wildman–Crippen LogP) is 3.24. The van der Waals surface area contributed by atoms with Crippen molar-refractivity contribution in [3.05, 3.63) is 56.2 Å². The van der Waals surface area contributed by atoms with Crippen LogP contribution in [0.2, 0.25) is 0 Å². The van der Waals surface area contributed by atoms with Gasteiger partial charge in [0.05, 0.1) is 0 Å². The van der Waals surface area contributed by atoms with Crippen LogP contribution >= 0.6 is 27.3 Å². The first-order valence-electron chi connectivity index (χ1n) is 5.85. The second-order valence-corrected chi connectivity index (χ2v) is 6.38. The number of benzene rings is 1. The number of hydrogen-bond donors (Lipinski definition) is 1. The first-order valence-corrected chi connectivity index (χ1v) is 7.52. The van der Waals surface area contributed by atoms with Crippen molar-refractivity contribution >= 4 is 33.2 Å². The van der Waals surface area contributed by atoms with Crippen molar-refractivity contribution in [3.63, 3.8) is 0 Å². The number of nitrogens with zero attached hydrogens (tertiary/aromatic N) is 1. The van der Waals surface area contributed by atoms with Gasteiger partial charge in [0.15, 0.2) is 0 Å². The Hall–Kier alpha value is -1.17. The molecule has 100 valence electrons.